The molecule has 3 nitrogen and oxygen atoms in total. The Kier molecular flexibility index (Phi) is 3.63. The summed E-state index contributed by atoms with van der Waals surface area (Å²) in [5.41, 5.74) is 7.26. The normalized spacial score (nSPS) is 12.9. The van der Waals surface area contributed by atoms with Gasteiger partial charge in [0.15, 0.2) is 0 Å². The van der Waals surface area contributed by atoms with Crippen LogP contribution in [-0.4, -0.2) is 9.78 Å². The van der Waals surface area contributed by atoms with Crippen LogP contribution < -0.4 is 5.73 Å². The van der Waals surface area contributed by atoms with Crippen LogP contribution in [0.25, 0.3) is 0 Å². The van der Waals surface area contributed by atoms with E-state index in [4.69, 9.17) is 17.3 Å². The molecule has 1 unspecified atom stereocenters. The van der Waals surface area contributed by atoms with Crippen molar-refractivity contribution in [2.75, 3.05) is 0 Å². The van der Waals surface area contributed by atoms with Crippen LogP contribution in [0.5, 0.6) is 0 Å². The molecule has 0 aliphatic rings. The van der Waals surface area contributed by atoms with Crippen LogP contribution in [0.2, 0.25) is 5.02 Å². The first-order valence-electron chi connectivity index (χ1n) is 5.20. The van der Waals surface area contributed by atoms with E-state index in [1.165, 1.54) is 0 Å². The molecular weight excluding hydrogens is 242 g/mol. The number of aryl methyl sites for hydroxylation is 1. The molecule has 0 fully saturated rings. The number of hydrogen-bond acceptors (Lipinski definition) is 3. The maximum atomic E-state index is 6.11. The fraction of sp³-hybridized carbons (Fsp3) is 0.364. The van der Waals surface area contributed by atoms with Gasteiger partial charge < -0.3 is 5.73 Å². The number of aromatic nitrogens is 2. The van der Waals surface area contributed by atoms with E-state index in [-0.39, 0.29) is 6.04 Å². The van der Waals surface area contributed by atoms with Gasteiger partial charge in [-0.1, -0.05) is 11.6 Å². The molecule has 5 heteroatoms. The lowest BCUT2D eigenvalue weighted by molar-refractivity contribution is 0.657. The van der Waals surface area contributed by atoms with Gasteiger partial charge in [-0.2, -0.15) is 5.10 Å². The molecule has 0 saturated heterocycles. The number of halogens is 1. The summed E-state index contributed by atoms with van der Waals surface area (Å²) in [6.45, 7) is 2.95. The minimum atomic E-state index is -0.0398. The highest BCUT2D eigenvalue weighted by molar-refractivity contribution is 7.10. The molecule has 0 amide bonds. The molecule has 16 heavy (non-hydrogen) atoms. The van der Waals surface area contributed by atoms with E-state index in [9.17, 15) is 0 Å². The number of hydrogen-bond donors (Lipinski definition) is 1. The van der Waals surface area contributed by atoms with Crippen molar-refractivity contribution in [3.8, 4) is 0 Å². The molecule has 86 valence electrons. The summed E-state index contributed by atoms with van der Waals surface area (Å²) >= 11 is 7.65. The topological polar surface area (TPSA) is 43.8 Å². The average Bonchev–Trinajstić information content (AvgIpc) is 2.86. The van der Waals surface area contributed by atoms with Gasteiger partial charge >= 0.3 is 0 Å². The molecule has 0 spiro atoms. The molecule has 2 N–H and O–H groups in total. The van der Waals surface area contributed by atoms with Gasteiger partial charge in [0.1, 0.15) is 0 Å². The zero-order chi connectivity index (χ0) is 11.5. The summed E-state index contributed by atoms with van der Waals surface area (Å²) in [7, 11) is 0. The van der Waals surface area contributed by atoms with Gasteiger partial charge in [-0.05, 0) is 30.4 Å². The van der Waals surface area contributed by atoms with Crippen LogP contribution in [0.3, 0.4) is 0 Å². The minimum absolute atomic E-state index is 0.0398. The number of rotatable bonds is 4. The van der Waals surface area contributed by atoms with Crippen LogP contribution in [0.4, 0.5) is 0 Å². The SMILES string of the molecule is CCn1cc(CC(N)c2sccc2Cl)cn1. The lowest BCUT2D eigenvalue weighted by Gasteiger charge is -2.08. The van der Waals surface area contributed by atoms with Crippen molar-refractivity contribution >= 4 is 22.9 Å². The first-order chi connectivity index (χ1) is 7.70. The van der Waals surface area contributed by atoms with Crippen LogP contribution in [-0.2, 0) is 13.0 Å². The highest BCUT2D eigenvalue weighted by Gasteiger charge is 2.13. The second-order valence-electron chi connectivity index (χ2n) is 3.65. The summed E-state index contributed by atoms with van der Waals surface area (Å²) in [4.78, 5) is 1.05. The molecule has 0 aromatic carbocycles. The predicted molar refractivity (Wildman–Crippen MR) is 67.9 cm³/mol. The Morgan fingerprint density at radius 2 is 2.44 bits per heavy atom. The number of thiophene rings is 1. The third kappa shape index (κ3) is 2.45. The van der Waals surface area contributed by atoms with Crippen LogP contribution in [0.1, 0.15) is 23.4 Å². The molecular formula is C11H14ClN3S. The lowest BCUT2D eigenvalue weighted by atomic mass is 10.1. The summed E-state index contributed by atoms with van der Waals surface area (Å²) in [5.74, 6) is 0. The van der Waals surface area contributed by atoms with Crippen molar-refractivity contribution in [3.05, 3.63) is 39.3 Å². The smallest absolute Gasteiger partial charge is 0.0561 e. The first-order valence-corrected chi connectivity index (χ1v) is 6.46. The molecule has 0 bridgehead atoms. The third-order valence-corrected chi connectivity index (χ3v) is 3.94. The van der Waals surface area contributed by atoms with Gasteiger partial charge in [-0.15, -0.1) is 11.3 Å². The van der Waals surface area contributed by atoms with Crippen molar-refractivity contribution in [2.24, 2.45) is 5.73 Å². The highest BCUT2D eigenvalue weighted by atomic mass is 35.5. The van der Waals surface area contributed by atoms with Crippen molar-refractivity contribution in [1.29, 1.82) is 0 Å². The van der Waals surface area contributed by atoms with E-state index in [1.807, 2.05) is 28.5 Å². The van der Waals surface area contributed by atoms with E-state index in [1.54, 1.807) is 11.3 Å². The molecule has 2 aromatic rings. The van der Waals surface area contributed by atoms with E-state index in [0.29, 0.717) is 0 Å². The van der Waals surface area contributed by atoms with Gasteiger partial charge in [0.05, 0.1) is 11.2 Å². The Hall–Kier alpha value is -0.840. The Labute approximate surface area is 104 Å². The zero-order valence-electron chi connectivity index (χ0n) is 9.06. The fourth-order valence-corrected chi connectivity index (χ4v) is 2.80. The van der Waals surface area contributed by atoms with Crippen LogP contribution in [0, 0.1) is 0 Å². The van der Waals surface area contributed by atoms with E-state index < -0.39 is 0 Å². The molecule has 1 atom stereocenters. The second-order valence-corrected chi connectivity index (χ2v) is 5.00. The maximum Gasteiger partial charge on any atom is 0.0561 e. The average molecular weight is 256 g/mol. The van der Waals surface area contributed by atoms with Crippen molar-refractivity contribution in [2.45, 2.75) is 25.9 Å². The maximum absolute atomic E-state index is 6.11. The zero-order valence-corrected chi connectivity index (χ0v) is 10.6. The van der Waals surface area contributed by atoms with Crippen LogP contribution >= 0.6 is 22.9 Å². The number of nitrogens with zero attached hydrogens (tertiary/aromatic N) is 2. The lowest BCUT2D eigenvalue weighted by Crippen LogP contribution is -2.11. The quantitative estimate of drug-likeness (QED) is 0.913. The molecule has 2 aromatic heterocycles. The Morgan fingerprint density at radius 1 is 1.62 bits per heavy atom. The minimum Gasteiger partial charge on any atom is -0.323 e. The first kappa shape index (κ1) is 11.6. The monoisotopic (exact) mass is 255 g/mol. The van der Waals surface area contributed by atoms with Gasteiger partial charge in [-0.25, -0.2) is 0 Å². The fourth-order valence-electron chi connectivity index (χ4n) is 1.60. The van der Waals surface area contributed by atoms with Crippen molar-refractivity contribution < 1.29 is 0 Å². The molecule has 2 heterocycles. The summed E-state index contributed by atoms with van der Waals surface area (Å²) < 4.78 is 1.90. The summed E-state index contributed by atoms with van der Waals surface area (Å²) in [6, 6.07) is 1.85. The van der Waals surface area contributed by atoms with Gasteiger partial charge in [0, 0.05) is 23.7 Å². The Bertz CT molecular complexity index is 463. The molecule has 2 rings (SSSR count). The van der Waals surface area contributed by atoms with Crippen LogP contribution in [0.15, 0.2) is 23.8 Å². The largest absolute Gasteiger partial charge is 0.323 e. The van der Waals surface area contributed by atoms with Crippen molar-refractivity contribution in [1.82, 2.24) is 9.78 Å². The summed E-state index contributed by atoms with van der Waals surface area (Å²) in [6.07, 6.45) is 4.67. The molecule has 0 aliphatic heterocycles. The highest BCUT2D eigenvalue weighted by Crippen LogP contribution is 2.29. The molecule has 0 radical (unpaired) electrons. The van der Waals surface area contributed by atoms with E-state index in [2.05, 4.69) is 12.0 Å². The van der Waals surface area contributed by atoms with Gasteiger partial charge in [0.25, 0.3) is 0 Å². The predicted octanol–water partition coefficient (Wildman–Crippen LogP) is 2.86. The van der Waals surface area contributed by atoms with Gasteiger partial charge in [0.2, 0.25) is 0 Å². The third-order valence-electron chi connectivity index (χ3n) is 2.45. The Morgan fingerprint density at radius 3 is 3.00 bits per heavy atom. The molecule has 0 aliphatic carbocycles. The van der Waals surface area contributed by atoms with E-state index in [0.717, 1.165) is 28.4 Å². The second kappa shape index (κ2) is 4.99. The van der Waals surface area contributed by atoms with Gasteiger partial charge in [-0.3, -0.25) is 4.68 Å². The standard InChI is InChI=1S/C11H14ClN3S/c1-2-15-7-8(6-14-15)5-10(13)11-9(12)3-4-16-11/h3-4,6-7,10H,2,5,13H2,1H3. The molecule has 0 saturated carbocycles. The summed E-state index contributed by atoms with van der Waals surface area (Å²) in [5, 5.41) is 6.95. The van der Waals surface area contributed by atoms with E-state index >= 15 is 0 Å². The Balaban J connectivity index is 2.07. The van der Waals surface area contributed by atoms with Crippen molar-refractivity contribution in [3.63, 3.8) is 0 Å². The number of nitrogens with two attached hydrogens (primary N) is 1.